The molecule has 0 radical (unpaired) electrons. The van der Waals surface area contributed by atoms with Crippen LogP contribution >= 0.6 is 0 Å². The molecule has 0 fully saturated rings. The monoisotopic (exact) mass is 396 g/mol. The molecular formula is C20H16N2O5S. The summed E-state index contributed by atoms with van der Waals surface area (Å²) in [4.78, 5) is 16.9. The highest BCUT2D eigenvalue weighted by molar-refractivity contribution is 7.86. The predicted molar refractivity (Wildman–Crippen MR) is 104 cm³/mol. The molecule has 3 rings (SSSR count). The van der Waals surface area contributed by atoms with Crippen molar-refractivity contribution in [1.29, 1.82) is 0 Å². The Morgan fingerprint density at radius 2 is 1.50 bits per heavy atom. The number of hydrogen-bond donors (Lipinski definition) is 0. The van der Waals surface area contributed by atoms with Crippen LogP contribution in [0, 0.1) is 6.92 Å². The average molecular weight is 396 g/mol. The lowest BCUT2D eigenvalue weighted by molar-refractivity contribution is 0.0517. The highest BCUT2D eigenvalue weighted by Gasteiger charge is 2.15. The van der Waals surface area contributed by atoms with Crippen molar-refractivity contribution in [2.24, 2.45) is 10.3 Å². The summed E-state index contributed by atoms with van der Waals surface area (Å²) in [6, 6.07) is 14.7. The molecule has 0 aliphatic heterocycles. The van der Waals surface area contributed by atoms with Crippen LogP contribution in [0.1, 0.15) is 15.9 Å². The van der Waals surface area contributed by atoms with Gasteiger partial charge < -0.3 is 4.84 Å². The molecule has 2 aromatic rings. The van der Waals surface area contributed by atoms with Gasteiger partial charge in [-0.25, -0.2) is 4.79 Å². The van der Waals surface area contributed by atoms with Gasteiger partial charge in [-0.15, -0.1) is 0 Å². The minimum absolute atomic E-state index is 0.00781. The maximum Gasteiger partial charge on any atom is 0.365 e. The van der Waals surface area contributed by atoms with Gasteiger partial charge in [-0.2, -0.15) is 8.42 Å². The van der Waals surface area contributed by atoms with Crippen LogP contribution in [0.5, 0.6) is 0 Å². The summed E-state index contributed by atoms with van der Waals surface area (Å²) in [5, 5.41) is 7.37. The molecule has 0 heterocycles. The van der Waals surface area contributed by atoms with E-state index in [2.05, 4.69) is 14.6 Å². The van der Waals surface area contributed by atoms with Gasteiger partial charge in [0.05, 0.1) is 5.56 Å². The topological polar surface area (TPSA) is 94.4 Å². The molecular weight excluding hydrogens is 380 g/mol. The van der Waals surface area contributed by atoms with Gasteiger partial charge in [0.2, 0.25) is 0 Å². The maximum absolute atomic E-state index is 12.0. The van der Waals surface area contributed by atoms with Crippen LogP contribution in [0.15, 0.2) is 94.1 Å². The first-order chi connectivity index (χ1) is 13.4. The summed E-state index contributed by atoms with van der Waals surface area (Å²) in [6.07, 6.45) is 6.00. The molecule has 8 heteroatoms. The highest BCUT2D eigenvalue weighted by atomic mass is 32.2. The molecule has 2 aromatic carbocycles. The standard InChI is InChI=1S/C20H16N2O5S/c1-15-6-5-7-16(14-15)20(23)26-21-17-10-12-18(13-11-17)22-27-28(24,25)19-8-3-2-4-9-19/h2-14H,1H3. The normalized spacial score (nSPS) is 13.2. The molecule has 0 saturated carbocycles. The Morgan fingerprint density at radius 1 is 0.857 bits per heavy atom. The molecule has 0 atom stereocenters. The molecule has 0 aromatic heterocycles. The average Bonchev–Trinajstić information content (AvgIpc) is 2.72. The molecule has 7 nitrogen and oxygen atoms in total. The van der Waals surface area contributed by atoms with E-state index in [4.69, 9.17) is 4.84 Å². The third kappa shape index (κ3) is 5.01. The molecule has 1 aliphatic rings. The van der Waals surface area contributed by atoms with E-state index >= 15 is 0 Å². The second-order valence-electron chi connectivity index (χ2n) is 5.79. The molecule has 0 unspecified atom stereocenters. The Labute approximate surface area is 162 Å². The Bertz CT molecular complexity index is 1080. The van der Waals surface area contributed by atoms with E-state index in [0.717, 1.165) is 5.56 Å². The van der Waals surface area contributed by atoms with Crippen LogP contribution in [0.3, 0.4) is 0 Å². The number of carbonyl (C=O) groups is 1. The fourth-order valence-corrected chi connectivity index (χ4v) is 2.98. The summed E-state index contributed by atoms with van der Waals surface area (Å²) < 4.78 is 28.7. The number of allylic oxidation sites excluding steroid dienone is 4. The molecule has 28 heavy (non-hydrogen) atoms. The van der Waals surface area contributed by atoms with E-state index in [-0.39, 0.29) is 10.6 Å². The van der Waals surface area contributed by atoms with Gasteiger partial charge in [-0.1, -0.05) is 46.2 Å². The zero-order chi connectivity index (χ0) is 20.0. The van der Waals surface area contributed by atoms with Crippen LogP contribution in [-0.2, 0) is 19.2 Å². The summed E-state index contributed by atoms with van der Waals surface area (Å²) in [5.74, 6) is -0.574. The Morgan fingerprint density at radius 3 is 2.14 bits per heavy atom. The van der Waals surface area contributed by atoms with Crippen LogP contribution in [-0.4, -0.2) is 25.8 Å². The van der Waals surface area contributed by atoms with E-state index in [1.54, 1.807) is 36.4 Å². The zero-order valence-corrected chi connectivity index (χ0v) is 15.7. The van der Waals surface area contributed by atoms with E-state index in [1.807, 2.05) is 13.0 Å². The van der Waals surface area contributed by atoms with E-state index in [1.165, 1.54) is 36.4 Å². The third-order valence-electron chi connectivity index (χ3n) is 3.61. The zero-order valence-electron chi connectivity index (χ0n) is 14.8. The van der Waals surface area contributed by atoms with Gasteiger partial charge in [0, 0.05) is 0 Å². The lowest BCUT2D eigenvalue weighted by Crippen LogP contribution is -2.07. The van der Waals surface area contributed by atoms with E-state index < -0.39 is 16.1 Å². The molecule has 142 valence electrons. The Hall–Kier alpha value is -3.52. The summed E-state index contributed by atoms with van der Waals surface area (Å²) >= 11 is 0. The number of nitrogens with zero attached hydrogens (tertiary/aromatic N) is 2. The summed E-state index contributed by atoms with van der Waals surface area (Å²) in [7, 11) is -3.98. The fraction of sp³-hybridized carbons (Fsp3) is 0.0500. The molecule has 1 aliphatic carbocycles. The predicted octanol–water partition coefficient (Wildman–Crippen LogP) is 3.40. The second kappa shape index (κ2) is 8.45. The van der Waals surface area contributed by atoms with E-state index in [0.29, 0.717) is 11.3 Å². The van der Waals surface area contributed by atoms with Gasteiger partial charge in [-0.3, -0.25) is 4.28 Å². The molecule has 0 N–H and O–H groups in total. The fourth-order valence-electron chi connectivity index (χ4n) is 2.22. The molecule has 0 amide bonds. The highest BCUT2D eigenvalue weighted by Crippen LogP contribution is 2.12. The summed E-state index contributed by atoms with van der Waals surface area (Å²) in [6.45, 7) is 1.87. The largest absolute Gasteiger partial charge is 0.365 e. The Kier molecular flexibility index (Phi) is 5.81. The van der Waals surface area contributed by atoms with Gasteiger partial charge in [-0.05, 0) is 55.5 Å². The maximum atomic E-state index is 12.0. The number of oxime groups is 2. The number of hydrogen-bond acceptors (Lipinski definition) is 7. The lowest BCUT2D eigenvalue weighted by Gasteiger charge is -2.04. The first kappa shape index (κ1) is 19.2. The molecule has 0 saturated heterocycles. The van der Waals surface area contributed by atoms with Gasteiger partial charge in [0.25, 0.3) is 0 Å². The van der Waals surface area contributed by atoms with Crippen molar-refractivity contribution < 1.29 is 22.3 Å². The van der Waals surface area contributed by atoms with Crippen molar-refractivity contribution >= 4 is 27.5 Å². The first-order valence-corrected chi connectivity index (χ1v) is 9.64. The number of benzene rings is 2. The van der Waals surface area contributed by atoms with Crippen molar-refractivity contribution in [2.75, 3.05) is 0 Å². The first-order valence-electron chi connectivity index (χ1n) is 8.23. The lowest BCUT2D eigenvalue weighted by atomic mass is 10.1. The minimum Gasteiger partial charge on any atom is -0.312 e. The van der Waals surface area contributed by atoms with Crippen molar-refractivity contribution in [3.05, 3.63) is 90.0 Å². The van der Waals surface area contributed by atoms with Crippen molar-refractivity contribution in [3.63, 3.8) is 0 Å². The second-order valence-corrected chi connectivity index (χ2v) is 7.32. The van der Waals surface area contributed by atoms with Gasteiger partial charge >= 0.3 is 16.1 Å². The Balaban J connectivity index is 1.61. The van der Waals surface area contributed by atoms with Crippen molar-refractivity contribution in [1.82, 2.24) is 0 Å². The smallest absolute Gasteiger partial charge is 0.312 e. The van der Waals surface area contributed by atoms with E-state index in [9.17, 15) is 13.2 Å². The SMILES string of the molecule is Cc1cccc(C(=O)ON=C2C=CC(=NOS(=O)(=O)c3ccccc3)C=C2)c1. The van der Waals surface area contributed by atoms with Gasteiger partial charge in [0.1, 0.15) is 16.3 Å². The van der Waals surface area contributed by atoms with Crippen LogP contribution in [0.4, 0.5) is 0 Å². The van der Waals surface area contributed by atoms with Crippen LogP contribution in [0.2, 0.25) is 0 Å². The number of aryl methyl sites for hydroxylation is 1. The number of carbonyl (C=O) groups excluding carboxylic acids is 1. The third-order valence-corrected chi connectivity index (χ3v) is 4.73. The molecule has 0 spiro atoms. The van der Waals surface area contributed by atoms with Crippen LogP contribution in [0.25, 0.3) is 0 Å². The van der Waals surface area contributed by atoms with Crippen molar-refractivity contribution in [2.45, 2.75) is 11.8 Å². The van der Waals surface area contributed by atoms with Crippen LogP contribution < -0.4 is 0 Å². The summed E-state index contributed by atoms with van der Waals surface area (Å²) in [5.41, 5.74) is 1.97. The van der Waals surface area contributed by atoms with Gasteiger partial charge in [0.15, 0.2) is 0 Å². The molecule has 0 bridgehead atoms. The minimum atomic E-state index is -3.98. The number of rotatable bonds is 5. The van der Waals surface area contributed by atoms with Crippen molar-refractivity contribution in [3.8, 4) is 0 Å². The quantitative estimate of drug-likeness (QED) is 0.439.